The normalized spacial score (nSPS) is 36.8. The molecule has 3 aliphatic rings. The number of rotatable bonds is 5. The van der Waals surface area contributed by atoms with E-state index in [0.717, 1.165) is 35.9 Å². The summed E-state index contributed by atoms with van der Waals surface area (Å²) in [6, 6.07) is 4.52. The first-order chi connectivity index (χ1) is 9.78. The molecule has 1 heterocycles. The molecule has 20 heavy (non-hydrogen) atoms. The number of hydrogen-bond donors (Lipinski definition) is 2. The quantitative estimate of drug-likeness (QED) is 0.866. The molecule has 108 valence electrons. The highest BCUT2D eigenvalue weighted by molar-refractivity contribution is 5.54. The van der Waals surface area contributed by atoms with E-state index in [9.17, 15) is 0 Å². The number of aromatic nitrogens is 1. The van der Waals surface area contributed by atoms with E-state index in [1.165, 1.54) is 19.3 Å². The summed E-state index contributed by atoms with van der Waals surface area (Å²) in [5.74, 6) is 5.27. The summed E-state index contributed by atoms with van der Waals surface area (Å²) in [6.07, 6.45) is 5.34. The Hall–Kier alpha value is -1.45. The topological polar surface area (TPSA) is 60.2 Å². The average molecular weight is 273 g/mol. The van der Waals surface area contributed by atoms with Gasteiger partial charge in [0.1, 0.15) is 5.82 Å². The second kappa shape index (κ2) is 4.54. The molecule has 0 aromatic carbocycles. The largest absolute Gasteiger partial charge is 0.476 e. The van der Waals surface area contributed by atoms with Crippen molar-refractivity contribution in [3.05, 3.63) is 12.1 Å². The highest BCUT2D eigenvalue weighted by Crippen LogP contribution is 2.66. The van der Waals surface area contributed by atoms with Crippen LogP contribution in [0.25, 0.3) is 0 Å². The third-order valence-corrected chi connectivity index (χ3v) is 5.38. The van der Waals surface area contributed by atoms with Crippen molar-refractivity contribution in [2.45, 2.75) is 38.6 Å². The fourth-order valence-corrected chi connectivity index (χ4v) is 4.54. The maximum atomic E-state index is 5.91. The number of hydrogen-bond acceptors (Lipinski definition) is 4. The van der Waals surface area contributed by atoms with Crippen molar-refractivity contribution in [1.29, 1.82) is 0 Å². The van der Waals surface area contributed by atoms with E-state index in [0.29, 0.717) is 24.2 Å². The Bertz CT molecular complexity index is 502. The Kier molecular flexibility index (Phi) is 2.79. The number of nitrogens with zero attached hydrogens (tertiary/aromatic N) is 1. The van der Waals surface area contributed by atoms with Gasteiger partial charge in [0.05, 0.1) is 12.3 Å². The summed E-state index contributed by atoms with van der Waals surface area (Å²) in [5.41, 5.74) is 6.53. The molecular formula is C16H23N3O. The minimum atomic E-state index is 0.575. The second-order valence-corrected chi connectivity index (χ2v) is 6.60. The van der Waals surface area contributed by atoms with Crippen molar-refractivity contribution in [2.75, 3.05) is 17.7 Å². The third-order valence-electron chi connectivity index (χ3n) is 5.38. The van der Waals surface area contributed by atoms with Crippen LogP contribution in [0.4, 0.5) is 11.5 Å². The van der Waals surface area contributed by atoms with Gasteiger partial charge in [-0.25, -0.2) is 0 Å². The van der Waals surface area contributed by atoms with E-state index in [4.69, 9.17) is 10.5 Å². The first-order valence-corrected chi connectivity index (χ1v) is 7.93. The molecule has 4 unspecified atom stereocenters. The smallest absolute Gasteiger partial charge is 0.239 e. The lowest BCUT2D eigenvalue weighted by atomic mass is 10.0. The van der Waals surface area contributed by atoms with Crippen LogP contribution in [0.2, 0.25) is 0 Å². The lowest BCUT2D eigenvalue weighted by molar-refractivity contribution is 0.307. The lowest BCUT2D eigenvalue weighted by Crippen LogP contribution is -2.14. The number of nitrogens with one attached hydrogen (secondary N) is 1. The molecule has 2 bridgehead atoms. The van der Waals surface area contributed by atoms with Crippen molar-refractivity contribution < 1.29 is 4.74 Å². The van der Waals surface area contributed by atoms with Gasteiger partial charge in [0.25, 0.3) is 0 Å². The standard InChI is InChI=1S/C16H23N3O/c1-2-7-20-16-11(17)5-6-12(19-16)18-15-13-9-3-4-10(8-9)14(13)15/h5-6,9-10,13-15H,2-4,7-8,17H2,1H3,(H,18,19). The van der Waals surface area contributed by atoms with Gasteiger partial charge in [-0.3, -0.25) is 0 Å². The fraction of sp³-hybridized carbons (Fsp3) is 0.688. The molecule has 0 saturated heterocycles. The van der Waals surface area contributed by atoms with Crippen LogP contribution < -0.4 is 15.8 Å². The second-order valence-electron chi connectivity index (χ2n) is 6.60. The van der Waals surface area contributed by atoms with E-state index >= 15 is 0 Å². The van der Waals surface area contributed by atoms with Crippen LogP contribution in [-0.2, 0) is 0 Å². The minimum absolute atomic E-state index is 0.575. The molecular weight excluding hydrogens is 250 g/mol. The zero-order valence-corrected chi connectivity index (χ0v) is 12.0. The summed E-state index contributed by atoms with van der Waals surface area (Å²) >= 11 is 0. The van der Waals surface area contributed by atoms with Gasteiger partial charge in [0.2, 0.25) is 5.88 Å². The van der Waals surface area contributed by atoms with Crippen molar-refractivity contribution in [1.82, 2.24) is 4.98 Å². The predicted octanol–water partition coefficient (Wildman–Crippen LogP) is 2.91. The molecule has 0 radical (unpaired) electrons. The molecule has 0 aliphatic heterocycles. The maximum Gasteiger partial charge on any atom is 0.239 e. The van der Waals surface area contributed by atoms with Crippen LogP contribution >= 0.6 is 0 Å². The molecule has 3 fully saturated rings. The van der Waals surface area contributed by atoms with Crippen molar-refractivity contribution in [2.24, 2.45) is 23.7 Å². The summed E-state index contributed by atoms with van der Waals surface area (Å²) in [7, 11) is 0. The van der Waals surface area contributed by atoms with Crippen LogP contribution in [0.5, 0.6) is 5.88 Å². The molecule has 4 atom stereocenters. The van der Waals surface area contributed by atoms with Crippen LogP contribution in [0, 0.1) is 23.7 Å². The zero-order valence-electron chi connectivity index (χ0n) is 12.0. The molecule has 3 N–H and O–H groups in total. The Labute approximate surface area is 120 Å². The number of ether oxygens (including phenoxy) is 1. The van der Waals surface area contributed by atoms with Crippen LogP contribution in [0.15, 0.2) is 12.1 Å². The SMILES string of the molecule is CCCOc1nc(NC2C3C4CCC(C4)C23)ccc1N. The Morgan fingerprint density at radius 3 is 2.75 bits per heavy atom. The lowest BCUT2D eigenvalue weighted by Gasteiger charge is -2.13. The van der Waals surface area contributed by atoms with E-state index < -0.39 is 0 Å². The summed E-state index contributed by atoms with van der Waals surface area (Å²) in [6.45, 7) is 2.75. The summed E-state index contributed by atoms with van der Waals surface area (Å²) in [5, 5.41) is 3.62. The van der Waals surface area contributed by atoms with Gasteiger partial charge in [-0.15, -0.1) is 0 Å². The highest BCUT2D eigenvalue weighted by atomic mass is 16.5. The van der Waals surface area contributed by atoms with E-state index in [-0.39, 0.29) is 0 Å². The number of nitrogen functional groups attached to an aromatic ring is 1. The summed E-state index contributed by atoms with van der Waals surface area (Å²) in [4.78, 5) is 4.53. The summed E-state index contributed by atoms with van der Waals surface area (Å²) < 4.78 is 5.60. The van der Waals surface area contributed by atoms with Gasteiger partial charge in [0.15, 0.2) is 0 Å². The predicted molar refractivity (Wildman–Crippen MR) is 79.7 cm³/mol. The molecule has 1 aromatic heterocycles. The Morgan fingerprint density at radius 1 is 1.30 bits per heavy atom. The average Bonchev–Trinajstić information content (AvgIpc) is 2.84. The van der Waals surface area contributed by atoms with E-state index in [2.05, 4.69) is 17.2 Å². The highest BCUT2D eigenvalue weighted by Gasteiger charge is 2.65. The monoisotopic (exact) mass is 273 g/mol. The Morgan fingerprint density at radius 2 is 2.05 bits per heavy atom. The van der Waals surface area contributed by atoms with Crippen LogP contribution in [0.3, 0.4) is 0 Å². The van der Waals surface area contributed by atoms with Crippen LogP contribution in [-0.4, -0.2) is 17.6 Å². The van der Waals surface area contributed by atoms with Gasteiger partial charge in [0, 0.05) is 6.04 Å². The van der Waals surface area contributed by atoms with E-state index in [1.54, 1.807) is 0 Å². The van der Waals surface area contributed by atoms with Gasteiger partial charge in [-0.05, 0) is 61.5 Å². The number of fused-ring (bicyclic) bond motifs is 5. The molecule has 3 saturated carbocycles. The molecule has 0 spiro atoms. The minimum Gasteiger partial charge on any atom is -0.476 e. The first kappa shape index (κ1) is 12.3. The van der Waals surface area contributed by atoms with Crippen LogP contribution in [0.1, 0.15) is 32.6 Å². The van der Waals surface area contributed by atoms with E-state index in [1.807, 2.05) is 12.1 Å². The molecule has 4 nitrogen and oxygen atoms in total. The van der Waals surface area contributed by atoms with Gasteiger partial charge >= 0.3 is 0 Å². The molecule has 4 heteroatoms. The molecule has 3 aliphatic carbocycles. The number of pyridine rings is 1. The number of anilines is 2. The molecule has 0 amide bonds. The van der Waals surface area contributed by atoms with Crippen molar-refractivity contribution in [3.63, 3.8) is 0 Å². The van der Waals surface area contributed by atoms with Crippen molar-refractivity contribution >= 4 is 11.5 Å². The first-order valence-electron chi connectivity index (χ1n) is 7.93. The maximum absolute atomic E-state index is 5.91. The Balaban J connectivity index is 1.45. The molecule has 1 aromatic rings. The van der Waals surface area contributed by atoms with Gasteiger partial charge < -0.3 is 15.8 Å². The zero-order chi connectivity index (χ0) is 13.7. The number of nitrogens with two attached hydrogens (primary N) is 1. The van der Waals surface area contributed by atoms with Crippen molar-refractivity contribution in [3.8, 4) is 5.88 Å². The van der Waals surface area contributed by atoms with Gasteiger partial charge in [-0.2, -0.15) is 4.98 Å². The third kappa shape index (κ3) is 1.85. The van der Waals surface area contributed by atoms with Gasteiger partial charge in [-0.1, -0.05) is 6.92 Å². The molecule has 4 rings (SSSR count). The fourth-order valence-electron chi connectivity index (χ4n) is 4.54.